The highest BCUT2D eigenvalue weighted by molar-refractivity contribution is 7.92. The quantitative estimate of drug-likeness (QED) is 0.547. The number of carbonyl (C=O) groups excluding carboxylic acids is 1. The Balaban J connectivity index is 1.57. The van der Waals surface area contributed by atoms with Gasteiger partial charge in [0, 0.05) is 25.3 Å². The van der Waals surface area contributed by atoms with Crippen molar-refractivity contribution < 1.29 is 13.2 Å². The molecule has 1 amide bonds. The van der Waals surface area contributed by atoms with Gasteiger partial charge in [0.2, 0.25) is 0 Å². The maximum atomic E-state index is 12.7. The first-order chi connectivity index (χ1) is 15.1. The second kappa shape index (κ2) is 10.7. The molecule has 3 rings (SSSR count). The summed E-state index contributed by atoms with van der Waals surface area (Å²) in [5.74, 6) is 1.10. The van der Waals surface area contributed by atoms with E-state index in [-0.39, 0.29) is 27.1 Å². The number of nitrogens with zero attached hydrogens (tertiary/aromatic N) is 1. The summed E-state index contributed by atoms with van der Waals surface area (Å²) in [6.45, 7) is 10.1. The van der Waals surface area contributed by atoms with Gasteiger partial charge < -0.3 is 10.2 Å². The Hall–Kier alpha value is -2.09. The number of carbonyl (C=O) groups is 1. The van der Waals surface area contributed by atoms with Gasteiger partial charge in [-0.1, -0.05) is 43.1 Å². The zero-order valence-corrected chi connectivity index (χ0v) is 20.5. The van der Waals surface area contributed by atoms with Gasteiger partial charge in [0.05, 0.1) is 15.5 Å². The zero-order chi connectivity index (χ0) is 23.3. The van der Waals surface area contributed by atoms with E-state index in [0.717, 1.165) is 31.6 Å². The topological polar surface area (TPSA) is 78.5 Å². The fraction of sp³-hybridized carbons (Fsp3) is 0.458. The van der Waals surface area contributed by atoms with Gasteiger partial charge in [0.15, 0.2) is 0 Å². The van der Waals surface area contributed by atoms with Crippen LogP contribution in [-0.4, -0.2) is 45.4 Å². The number of rotatable bonds is 8. The molecule has 2 N–H and O–H groups in total. The molecule has 0 saturated carbocycles. The highest BCUT2D eigenvalue weighted by Crippen LogP contribution is 2.24. The molecular formula is C24H32ClN3O3S. The fourth-order valence-corrected chi connectivity index (χ4v) is 5.52. The molecular weight excluding hydrogens is 446 g/mol. The van der Waals surface area contributed by atoms with Crippen LogP contribution in [0.2, 0.25) is 5.02 Å². The predicted molar refractivity (Wildman–Crippen MR) is 130 cm³/mol. The molecule has 1 heterocycles. The standard InChI is InChI=1S/C24H32ClN3O3S/c1-17-5-8-21(9-6-17)32(30,31)27-20-7-10-23(25)22(14-20)24(29)26-11-4-12-28-15-18(2)13-19(3)16-28/h5-10,14,18-19,27H,4,11-13,15-16H2,1-3H3,(H,26,29)/t18-,19-/m1/s1. The Bertz CT molecular complexity index is 1030. The molecule has 8 heteroatoms. The highest BCUT2D eigenvalue weighted by atomic mass is 35.5. The minimum absolute atomic E-state index is 0.158. The Morgan fingerprint density at radius 3 is 2.41 bits per heavy atom. The molecule has 2 aromatic rings. The van der Waals surface area contributed by atoms with Crippen LogP contribution in [-0.2, 0) is 10.0 Å². The number of likely N-dealkylation sites (tertiary alicyclic amines) is 1. The Morgan fingerprint density at radius 2 is 1.75 bits per heavy atom. The number of piperidine rings is 1. The van der Waals surface area contributed by atoms with Gasteiger partial charge in [-0.05, 0) is 68.5 Å². The van der Waals surface area contributed by atoms with Crippen molar-refractivity contribution in [3.8, 4) is 0 Å². The van der Waals surface area contributed by atoms with Crippen molar-refractivity contribution in [3.05, 3.63) is 58.6 Å². The molecule has 6 nitrogen and oxygen atoms in total. The van der Waals surface area contributed by atoms with Crippen LogP contribution in [0.25, 0.3) is 0 Å². The van der Waals surface area contributed by atoms with E-state index in [1.165, 1.54) is 18.6 Å². The van der Waals surface area contributed by atoms with Crippen LogP contribution < -0.4 is 10.0 Å². The first kappa shape index (κ1) is 24.6. The minimum Gasteiger partial charge on any atom is -0.352 e. The average molecular weight is 478 g/mol. The van der Waals surface area contributed by atoms with E-state index in [2.05, 4.69) is 28.8 Å². The number of nitrogens with one attached hydrogen (secondary N) is 2. The molecule has 174 valence electrons. The third-order valence-corrected chi connectivity index (χ3v) is 7.40. The fourth-order valence-electron chi connectivity index (χ4n) is 4.27. The first-order valence-electron chi connectivity index (χ1n) is 11.0. The molecule has 0 aliphatic carbocycles. The number of benzene rings is 2. The van der Waals surface area contributed by atoms with Crippen molar-refractivity contribution >= 4 is 33.2 Å². The third kappa shape index (κ3) is 6.70. The number of amides is 1. The van der Waals surface area contributed by atoms with Gasteiger partial charge >= 0.3 is 0 Å². The molecule has 0 radical (unpaired) electrons. The molecule has 1 aliphatic heterocycles. The van der Waals surface area contributed by atoms with E-state index < -0.39 is 10.0 Å². The number of halogens is 1. The average Bonchev–Trinajstić information content (AvgIpc) is 2.72. The van der Waals surface area contributed by atoms with Crippen molar-refractivity contribution in [1.82, 2.24) is 10.2 Å². The molecule has 2 aromatic carbocycles. The predicted octanol–water partition coefficient (Wildman–Crippen LogP) is 4.55. The van der Waals surface area contributed by atoms with Crippen molar-refractivity contribution in [2.24, 2.45) is 11.8 Å². The van der Waals surface area contributed by atoms with Crippen LogP contribution in [0.1, 0.15) is 42.6 Å². The van der Waals surface area contributed by atoms with Gasteiger partial charge in [-0.3, -0.25) is 9.52 Å². The van der Waals surface area contributed by atoms with Crippen LogP contribution in [0, 0.1) is 18.8 Å². The summed E-state index contributed by atoms with van der Waals surface area (Å²) in [5.41, 5.74) is 1.51. The van der Waals surface area contributed by atoms with Crippen molar-refractivity contribution in [1.29, 1.82) is 0 Å². The van der Waals surface area contributed by atoms with E-state index in [1.807, 2.05) is 6.92 Å². The van der Waals surface area contributed by atoms with E-state index >= 15 is 0 Å². The van der Waals surface area contributed by atoms with Gasteiger partial charge in [-0.15, -0.1) is 0 Å². The molecule has 2 atom stereocenters. The first-order valence-corrected chi connectivity index (χ1v) is 12.9. The lowest BCUT2D eigenvalue weighted by Crippen LogP contribution is -2.40. The van der Waals surface area contributed by atoms with Crippen LogP contribution in [0.5, 0.6) is 0 Å². The summed E-state index contributed by atoms with van der Waals surface area (Å²) in [5, 5.41) is 3.18. The van der Waals surface area contributed by atoms with E-state index in [1.54, 1.807) is 30.3 Å². The summed E-state index contributed by atoms with van der Waals surface area (Å²) in [7, 11) is -3.76. The van der Waals surface area contributed by atoms with Crippen LogP contribution in [0.3, 0.4) is 0 Å². The van der Waals surface area contributed by atoms with Crippen LogP contribution in [0.15, 0.2) is 47.4 Å². The Labute approximate surface area is 196 Å². The van der Waals surface area contributed by atoms with E-state index in [4.69, 9.17) is 11.6 Å². The normalized spacial score (nSPS) is 19.5. The Morgan fingerprint density at radius 1 is 1.09 bits per heavy atom. The van der Waals surface area contributed by atoms with Crippen LogP contribution >= 0.6 is 11.6 Å². The lowest BCUT2D eigenvalue weighted by molar-refractivity contribution is 0.0947. The van der Waals surface area contributed by atoms with Gasteiger partial charge in [0.25, 0.3) is 15.9 Å². The van der Waals surface area contributed by atoms with Crippen molar-refractivity contribution in [2.45, 2.75) is 38.5 Å². The van der Waals surface area contributed by atoms with Crippen molar-refractivity contribution in [3.63, 3.8) is 0 Å². The lowest BCUT2D eigenvalue weighted by Gasteiger charge is -2.34. The molecule has 1 aliphatic rings. The monoisotopic (exact) mass is 477 g/mol. The second-order valence-corrected chi connectivity index (χ2v) is 11.0. The van der Waals surface area contributed by atoms with Gasteiger partial charge in [0.1, 0.15) is 0 Å². The summed E-state index contributed by atoms with van der Waals surface area (Å²) in [4.78, 5) is 15.3. The molecule has 0 unspecified atom stereocenters. The van der Waals surface area contributed by atoms with Crippen molar-refractivity contribution in [2.75, 3.05) is 30.9 Å². The molecule has 1 fully saturated rings. The maximum Gasteiger partial charge on any atom is 0.261 e. The van der Waals surface area contributed by atoms with Gasteiger partial charge in [-0.2, -0.15) is 0 Å². The summed E-state index contributed by atoms with van der Waals surface area (Å²) >= 11 is 6.22. The zero-order valence-electron chi connectivity index (χ0n) is 18.9. The number of hydrogen-bond acceptors (Lipinski definition) is 4. The molecule has 0 spiro atoms. The number of anilines is 1. The summed E-state index contributed by atoms with van der Waals surface area (Å²) < 4.78 is 27.8. The molecule has 1 saturated heterocycles. The SMILES string of the molecule is Cc1ccc(S(=O)(=O)Nc2ccc(Cl)c(C(=O)NCCCN3C[C@H](C)C[C@@H](C)C3)c2)cc1. The molecule has 32 heavy (non-hydrogen) atoms. The lowest BCUT2D eigenvalue weighted by atomic mass is 9.92. The van der Waals surface area contributed by atoms with Gasteiger partial charge in [-0.25, -0.2) is 8.42 Å². The van der Waals surface area contributed by atoms with Crippen LogP contribution in [0.4, 0.5) is 5.69 Å². The Kier molecular flexibility index (Phi) is 8.20. The number of hydrogen-bond donors (Lipinski definition) is 2. The molecule has 0 aromatic heterocycles. The smallest absolute Gasteiger partial charge is 0.261 e. The summed E-state index contributed by atoms with van der Waals surface area (Å²) in [6.07, 6.45) is 2.12. The summed E-state index contributed by atoms with van der Waals surface area (Å²) in [6, 6.07) is 11.1. The molecule has 0 bridgehead atoms. The third-order valence-electron chi connectivity index (χ3n) is 5.68. The highest BCUT2D eigenvalue weighted by Gasteiger charge is 2.21. The number of sulfonamides is 1. The number of aryl methyl sites for hydroxylation is 1. The maximum absolute atomic E-state index is 12.7. The van der Waals surface area contributed by atoms with E-state index in [0.29, 0.717) is 18.4 Å². The second-order valence-electron chi connectivity index (χ2n) is 8.93. The largest absolute Gasteiger partial charge is 0.352 e. The minimum atomic E-state index is -3.76. The van der Waals surface area contributed by atoms with E-state index in [9.17, 15) is 13.2 Å².